The Labute approximate surface area is 120 Å². The fraction of sp³-hybridized carbons (Fsp3) is 0.417. The van der Waals surface area contributed by atoms with Gasteiger partial charge in [-0.15, -0.1) is 0 Å². The molecule has 0 aliphatic heterocycles. The first kappa shape index (κ1) is 16.8. The van der Waals surface area contributed by atoms with E-state index >= 15 is 0 Å². The van der Waals surface area contributed by atoms with Crippen LogP contribution in [0.2, 0.25) is 0 Å². The summed E-state index contributed by atoms with van der Waals surface area (Å²) in [4.78, 5) is 12.5. The number of benzene rings is 1. The SMILES string of the molecule is CCCCN(C)C(=O)c1cc(S(=O)(=O)Cl)cc(F)c1F. The third-order valence-electron chi connectivity index (χ3n) is 2.71. The lowest BCUT2D eigenvalue weighted by atomic mass is 10.1. The molecule has 8 heteroatoms. The van der Waals surface area contributed by atoms with Crippen molar-refractivity contribution in [3.05, 3.63) is 29.3 Å². The zero-order valence-electron chi connectivity index (χ0n) is 11.0. The summed E-state index contributed by atoms with van der Waals surface area (Å²) >= 11 is 0. The molecule has 1 rings (SSSR count). The van der Waals surface area contributed by atoms with Gasteiger partial charge in [-0.05, 0) is 18.6 Å². The summed E-state index contributed by atoms with van der Waals surface area (Å²) in [5.74, 6) is -3.61. The molecule has 0 aliphatic rings. The molecule has 1 amide bonds. The van der Waals surface area contributed by atoms with E-state index in [-0.39, 0.29) is 0 Å². The highest BCUT2D eigenvalue weighted by atomic mass is 35.7. The molecule has 0 bridgehead atoms. The average Bonchev–Trinajstić information content (AvgIpc) is 2.36. The zero-order valence-corrected chi connectivity index (χ0v) is 12.6. The van der Waals surface area contributed by atoms with Crippen LogP contribution in [0.1, 0.15) is 30.1 Å². The van der Waals surface area contributed by atoms with Gasteiger partial charge in [0.05, 0.1) is 10.5 Å². The number of carbonyl (C=O) groups excluding carboxylic acids is 1. The van der Waals surface area contributed by atoms with E-state index in [0.717, 1.165) is 12.5 Å². The van der Waals surface area contributed by atoms with Crippen LogP contribution in [-0.4, -0.2) is 32.8 Å². The lowest BCUT2D eigenvalue weighted by Crippen LogP contribution is -2.29. The maximum Gasteiger partial charge on any atom is 0.261 e. The number of halogens is 3. The molecule has 0 unspecified atom stereocenters. The Hall–Kier alpha value is -1.21. The van der Waals surface area contributed by atoms with Gasteiger partial charge in [0.25, 0.3) is 15.0 Å². The van der Waals surface area contributed by atoms with Crippen molar-refractivity contribution in [2.75, 3.05) is 13.6 Å². The highest BCUT2D eigenvalue weighted by Crippen LogP contribution is 2.22. The quantitative estimate of drug-likeness (QED) is 0.782. The van der Waals surface area contributed by atoms with Gasteiger partial charge in [-0.3, -0.25) is 4.79 Å². The second kappa shape index (κ2) is 6.49. The molecule has 4 nitrogen and oxygen atoms in total. The highest BCUT2D eigenvalue weighted by Gasteiger charge is 2.23. The number of unbranched alkanes of at least 4 members (excludes halogenated alkanes) is 1. The van der Waals surface area contributed by atoms with E-state index in [9.17, 15) is 22.0 Å². The molecule has 1 aromatic rings. The van der Waals surface area contributed by atoms with Gasteiger partial charge >= 0.3 is 0 Å². The summed E-state index contributed by atoms with van der Waals surface area (Å²) in [5.41, 5.74) is -0.650. The van der Waals surface area contributed by atoms with Crippen molar-refractivity contribution in [3.8, 4) is 0 Å². The van der Waals surface area contributed by atoms with Crippen molar-refractivity contribution in [1.29, 1.82) is 0 Å². The third kappa shape index (κ3) is 3.89. The fourth-order valence-electron chi connectivity index (χ4n) is 1.56. The molecular formula is C12H14ClF2NO3S. The van der Waals surface area contributed by atoms with Crippen molar-refractivity contribution >= 4 is 25.6 Å². The largest absolute Gasteiger partial charge is 0.342 e. The van der Waals surface area contributed by atoms with Crippen LogP contribution in [-0.2, 0) is 9.05 Å². The first-order chi connectivity index (χ1) is 9.18. The molecule has 20 heavy (non-hydrogen) atoms. The molecule has 0 saturated heterocycles. The highest BCUT2D eigenvalue weighted by molar-refractivity contribution is 8.13. The minimum Gasteiger partial charge on any atom is -0.342 e. The van der Waals surface area contributed by atoms with E-state index in [1.807, 2.05) is 6.92 Å². The van der Waals surface area contributed by atoms with E-state index in [4.69, 9.17) is 10.7 Å². The van der Waals surface area contributed by atoms with Gasteiger partial charge in [0.2, 0.25) is 0 Å². The lowest BCUT2D eigenvalue weighted by molar-refractivity contribution is 0.0787. The predicted molar refractivity (Wildman–Crippen MR) is 71.3 cm³/mol. The third-order valence-corrected chi connectivity index (χ3v) is 4.04. The van der Waals surface area contributed by atoms with Crippen molar-refractivity contribution in [2.45, 2.75) is 24.7 Å². The molecule has 0 radical (unpaired) electrons. The van der Waals surface area contributed by atoms with Gasteiger partial charge in [-0.1, -0.05) is 13.3 Å². The summed E-state index contributed by atoms with van der Waals surface area (Å²) in [7, 11) is 2.26. The van der Waals surface area contributed by atoms with Crippen LogP contribution in [0.15, 0.2) is 17.0 Å². The molecule has 1 aromatic carbocycles. The molecule has 0 aliphatic carbocycles. The normalized spacial score (nSPS) is 11.4. The number of hydrogen-bond donors (Lipinski definition) is 0. The number of carbonyl (C=O) groups is 1. The van der Waals surface area contributed by atoms with Gasteiger partial charge in [-0.25, -0.2) is 17.2 Å². The van der Waals surface area contributed by atoms with E-state index < -0.39 is 37.1 Å². The molecule has 0 aromatic heterocycles. The van der Waals surface area contributed by atoms with Gasteiger partial charge in [0, 0.05) is 24.3 Å². The number of amides is 1. The van der Waals surface area contributed by atoms with Crippen LogP contribution in [0.5, 0.6) is 0 Å². The maximum absolute atomic E-state index is 13.6. The lowest BCUT2D eigenvalue weighted by Gasteiger charge is -2.17. The van der Waals surface area contributed by atoms with E-state index in [2.05, 4.69) is 0 Å². The summed E-state index contributed by atoms with van der Waals surface area (Å²) < 4.78 is 49.3. The van der Waals surface area contributed by atoms with Gasteiger partial charge in [0.1, 0.15) is 0 Å². The van der Waals surface area contributed by atoms with Crippen LogP contribution < -0.4 is 0 Å². The van der Waals surface area contributed by atoms with E-state index in [1.54, 1.807) is 0 Å². The summed E-state index contributed by atoms with van der Waals surface area (Å²) in [6.45, 7) is 2.27. The molecule has 0 fully saturated rings. The van der Waals surface area contributed by atoms with Crippen LogP contribution in [0.25, 0.3) is 0 Å². The standard InChI is InChI=1S/C12H14ClF2NO3S/c1-3-4-5-16(2)12(17)9-6-8(20(13,18)19)7-10(14)11(9)15/h6-7H,3-5H2,1-2H3. The molecular weight excluding hydrogens is 312 g/mol. The molecule has 112 valence electrons. The van der Waals surface area contributed by atoms with E-state index in [1.165, 1.54) is 11.9 Å². The Bertz CT molecular complexity index is 619. The first-order valence-corrected chi connectivity index (χ1v) is 8.18. The Balaban J connectivity index is 3.24. The van der Waals surface area contributed by atoms with Crippen LogP contribution >= 0.6 is 10.7 Å². The first-order valence-electron chi connectivity index (χ1n) is 5.87. The summed E-state index contributed by atoms with van der Waals surface area (Å²) in [6.07, 6.45) is 1.52. The Kier molecular flexibility index (Phi) is 5.47. The molecule has 0 atom stereocenters. The van der Waals surface area contributed by atoms with Crippen LogP contribution in [0.3, 0.4) is 0 Å². The molecule has 0 saturated carbocycles. The fourth-order valence-corrected chi connectivity index (χ4v) is 2.33. The van der Waals surface area contributed by atoms with Crippen molar-refractivity contribution in [3.63, 3.8) is 0 Å². The second-order valence-electron chi connectivity index (χ2n) is 4.28. The Morgan fingerprint density at radius 3 is 2.45 bits per heavy atom. The monoisotopic (exact) mass is 325 g/mol. The minimum atomic E-state index is -4.25. The van der Waals surface area contributed by atoms with Crippen LogP contribution in [0.4, 0.5) is 8.78 Å². The maximum atomic E-state index is 13.6. The molecule has 0 N–H and O–H groups in total. The molecule has 0 spiro atoms. The number of rotatable bonds is 5. The molecule has 0 heterocycles. The smallest absolute Gasteiger partial charge is 0.261 e. The average molecular weight is 326 g/mol. The summed E-state index contributed by atoms with van der Waals surface area (Å²) in [5, 5.41) is 0. The number of hydrogen-bond acceptors (Lipinski definition) is 3. The second-order valence-corrected chi connectivity index (χ2v) is 6.85. The number of nitrogens with zero attached hydrogens (tertiary/aromatic N) is 1. The van der Waals surface area contributed by atoms with Gasteiger partial charge in [-0.2, -0.15) is 0 Å². The van der Waals surface area contributed by atoms with Crippen LogP contribution in [0, 0.1) is 11.6 Å². The van der Waals surface area contributed by atoms with Crippen molar-refractivity contribution in [2.24, 2.45) is 0 Å². The van der Waals surface area contributed by atoms with Gasteiger partial charge < -0.3 is 4.90 Å². The minimum absolute atomic E-state index is 0.355. The van der Waals surface area contributed by atoms with Gasteiger partial charge in [0.15, 0.2) is 11.6 Å². The topological polar surface area (TPSA) is 54.5 Å². The predicted octanol–water partition coefficient (Wildman–Crippen LogP) is 2.76. The summed E-state index contributed by atoms with van der Waals surface area (Å²) in [6, 6.07) is 1.19. The van der Waals surface area contributed by atoms with E-state index in [0.29, 0.717) is 19.0 Å². The van der Waals surface area contributed by atoms with Crippen molar-refractivity contribution in [1.82, 2.24) is 4.90 Å². The Morgan fingerprint density at radius 1 is 1.35 bits per heavy atom. The Morgan fingerprint density at radius 2 is 1.95 bits per heavy atom. The van der Waals surface area contributed by atoms with Crippen molar-refractivity contribution < 1.29 is 22.0 Å². The zero-order chi connectivity index (χ0) is 15.5.